The Balaban J connectivity index is 2.80. The standard InChI is InChI=1S/C10H10O3S/c1-2-9(14)13-10(12)7-5-3-4-6-8(7)11/h3-6,11H,2H2,1H3. The molecule has 74 valence electrons. The summed E-state index contributed by atoms with van der Waals surface area (Å²) in [7, 11) is 0. The van der Waals surface area contributed by atoms with Crippen molar-refractivity contribution < 1.29 is 14.6 Å². The van der Waals surface area contributed by atoms with Gasteiger partial charge in [-0.15, -0.1) is 0 Å². The lowest BCUT2D eigenvalue weighted by molar-refractivity contribution is 0.0715. The second-order valence-corrected chi connectivity index (χ2v) is 3.09. The van der Waals surface area contributed by atoms with Crippen molar-refractivity contribution in [2.75, 3.05) is 0 Å². The molecule has 0 amide bonds. The zero-order valence-corrected chi connectivity index (χ0v) is 8.50. The van der Waals surface area contributed by atoms with Gasteiger partial charge in [-0.3, -0.25) is 0 Å². The lowest BCUT2D eigenvalue weighted by Crippen LogP contribution is -2.09. The van der Waals surface area contributed by atoms with Crippen LogP contribution in [0.4, 0.5) is 0 Å². The number of carbonyl (C=O) groups excluding carboxylic acids is 1. The highest BCUT2D eigenvalue weighted by Gasteiger charge is 2.12. The Hall–Kier alpha value is -1.42. The van der Waals surface area contributed by atoms with Crippen LogP contribution in [0.1, 0.15) is 23.7 Å². The van der Waals surface area contributed by atoms with Crippen molar-refractivity contribution in [2.45, 2.75) is 13.3 Å². The number of benzene rings is 1. The molecule has 1 rings (SSSR count). The van der Waals surface area contributed by atoms with Gasteiger partial charge < -0.3 is 9.84 Å². The lowest BCUT2D eigenvalue weighted by atomic mass is 10.2. The molecular formula is C10H10O3S. The second kappa shape index (κ2) is 4.72. The summed E-state index contributed by atoms with van der Waals surface area (Å²) in [6.45, 7) is 1.79. The van der Waals surface area contributed by atoms with E-state index in [-0.39, 0.29) is 16.4 Å². The van der Waals surface area contributed by atoms with Gasteiger partial charge in [0.15, 0.2) is 5.05 Å². The van der Waals surface area contributed by atoms with Crippen molar-refractivity contribution in [3.8, 4) is 5.75 Å². The maximum atomic E-state index is 11.4. The van der Waals surface area contributed by atoms with Crippen LogP contribution in [0.3, 0.4) is 0 Å². The maximum absolute atomic E-state index is 11.4. The molecule has 0 aromatic heterocycles. The van der Waals surface area contributed by atoms with E-state index in [2.05, 4.69) is 0 Å². The van der Waals surface area contributed by atoms with Gasteiger partial charge in [0.25, 0.3) is 0 Å². The third kappa shape index (κ3) is 2.53. The van der Waals surface area contributed by atoms with Gasteiger partial charge in [0, 0.05) is 6.42 Å². The molecule has 4 heteroatoms. The summed E-state index contributed by atoms with van der Waals surface area (Å²) in [6.07, 6.45) is 0.495. The zero-order chi connectivity index (χ0) is 10.6. The Labute approximate surface area is 87.3 Å². The van der Waals surface area contributed by atoms with E-state index in [1.165, 1.54) is 12.1 Å². The minimum absolute atomic E-state index is 0.101. The lowest BCUT2D eigenvalue weighted by Gasteiger charge is -2.04. The molecule has 1 aromatic carbocycles. The SMILES string of the molecule is CCC(=S)OC(=O)c1ccccc1O. The van der Waals surface area contributed by atoms with Crippen LogP contribution in [-0.2, 0) is 4.74 Å². The predicted octanol–water partition coefficient (Wildman–Crippen LogP) is 2.29. The molecule has 0 saturated carbocycles. The number of ether oxygens (including phenoxy) is 1. The van der Waals surface area contributed by atoms with E-state index in [1.54, 1.807) is 19.1 Å². The van der Waals surface area contributed by atoms with Gasteiger partial charge in [0.05, 0.1) is 0 Å². The van der Waals surface area contributed by atoms with Crippen molar-refractivity contribution in [1.29, 1.82) is 0 Å². The molecule has 0 atom stereocenters. The molecule has 14 heavy (non-hydrogen) atoms. The summed E-state index contributed by atoms with van der Waals surface area (Å²) in [4.78, 5) is 11.4. The molecule has 0 spiro atoms. The van der Waals surface area contributed by atoms with Crippen LogP contribution in [0.25, 0.3) is 0 Å². The Morgan fingerprint density at radius 2 is 2.14 bits per heavy atom. The molecule has 0 aliphatic rings. The van der Waals surface area contributed by atoms with Gasteiger partial charge in [0.2, 0.25) is 0 Å². The van der Waals surface area contributed by atoms with Crippen LogP contribution < -0.4 is 0 Å². The van der Waals surface area contributed by atoms with Crippen LogP contribution >= 0.6 is 12.2 Å². The topological polar surface area (TPSA) is 46.5 Å². The number of phenols is 1. The molecular weight excluding hydrogens is 200 g/mol. The molecule has 3 nitrogen and oxygen atoms in total. The number of phenolic OH excluding ortho intramolecular Hbond substituents is 1. The number of hydrogen-bond acceptors (Lipinski definition) is 4. The van der Waals surface area contributed by atoms with Gasteiger partial charge in [-0.1, -0.05) is 19.1 Å². The average molecular weight is 210 g/mol. The van der Waals surface area contributed by atoms with Crippen LogP contribution in [-0.4, -0.2) is 16.1 Å². The summed E-state index contributed by atoms with van der Waals surface area (Å²) < 4.78 is 4.80. The molecule has 1 aromatic rings. The fourth-order valence-electron chi connectivity index (χ4n) is 0.877. The van der Waals surface area contributed by atoms with Crippen LogP contribution in [0, 0.1) is 0 Å². The first-order valence-corrected chi connectivity index (χ1v) is 4.59. The van der Waals surface area contributed by atoms with Crippen molar-refractivity contribution in [3.63, 3.8) is 0 Å². The zero-order valence-electron chi connectivity index (χ0n) is 7.69. The summed E-state index contributed by atoms with van der Waals surface area (Å²) in [5.74, 6) is -0.716. The fourth-order valence-corrected chi connectivity index (χ4v) is 0.952. The summed E-state index contributed by atoms with van der Waals surface area (Å²) in [6, 6.07) is 6.18. The molecule has 0 fully saturated rings. The number of thiocarbonyl (C=S) groups is 1. The highest BCUT2D eigenvalue weighted by atomic mass is 32.1. The first-order valence-electron chi connectivity index (χ1n) is 4.18. The number of aromatic hydroxyl groups is 1. The average Bonchev–Trinajstić information content (AvgIpc) is 2.18. The van der Waals surface area contributed by atoms with E-state index in [1.807, 2.05) is 0 Å². The van der Waals surface area contributed by atoms with Crippen LogP contribution in [0.2, 0.25) is 0 Å². The number of rotatable bonds is 2. The molecule has 0 aliphatic carbocycles. The Kier molecular flexibility index (Phi) is 3.59. The van der Waals surface area contributed by atoms with Crippen molar-refractivity contribution in [2.24, 2.45) is 0 Å². The fraction of sp³-hybridized carbons (Fsp3) is 0.200. The van der Waals surface area contributed by atoms with E-state index in [9.17, 15) is 9.90 Å². The third-order valence-electron chi connectivity index (χ3n) is 1.62. The predicted molar refractivity (Wildman–Crippen MR) is 56.4 cm³/mol. The minimum Gasteiger partial charge on any atom is -0.507 e. The summed E-state index contributed by atoms with van der Waals surface area (Å²) >= 11 is 4.75. The quantitative estimate of drug-likeness (QED) is 0.601. The van der Waals surface area contributed by atoms with Gasteiger partial charge in [0.1, 0.15) is 11.3 Å². The Morgan fingerprint density at radius 3 is 2.71 bits per heavy atom. The van der Waals surface area contributed by atoms with Crippen molar-refractivity contribution in [3.05, 3.63) is 29.8 Å². The van der Waals surface area contributed by atoms with E-state index in [0.29, 0.717) is 6.42 Å². The molecule has 0 saturated heterocycles. The largest absolute Gasteiger partial charge is 0.507 e. The molecule has 0 bridgehead atoms. The van der Waals surface area contributed by atoms with Crippen LogP contribution in [0.5, 0.6) is 5.75 Å². The van der Waals surface area contributed by atoms with E-state index >= 15 is 0 Å². The van der Waals surface area contributed by atoms with E-state index in [0.717, 1.165) is 0 Å². The highest BCUT2D eigenvalue weighted by molar-refractivity contribution is 7.80. The van der Waals surface area contributed by atoms with E-state index < -0.39 is 5.97 Å². The number of hydrogen-bond donors (Lipinski definition) is 1. The van der Waals surface area contributed by atoms with Crippen LogP contribution in [0.15, 0.2) is 24.3 Å². The normalized spacial score (nSPS) is 9.50. The van der Waals surface area contributed by atoms with Crippen molar-refractivity contribution in [1.82, 2.24) is 0 Å². The van der Waals surface area contributed by atoms with Crippen molar-refractivity contribution >= 4 is 23.2 Å². The maximum Gasteiger partial charge on any atom is 0.347 e. The number of carbonyl (C=O) groups is 1. The molecule has 0 unspecified atom stereocenters. The van der Waals surface area contributed by atoms with Gasteiger partial charge in [-0.2, -0.15) is 0 Å². The van der Waals surface area contributed by atoms with Gasteiger partial charge in [-0.25, -0.2) is 4.79 Å². The first kappa shape index (κ1) is 10.7. The second-order valence-electron chi connectivity index (χ2n) is 2.63. The Morgan fingerprint density at radius 1 is 1.50 bits per heavy atom. The number of esters is 1. The third-order valence-corrected chi connectivity index (χ3v) is 1.99. The Bertz CT molecular complexity index is 360. The van der Waals surface area contributed by atoms with Gasteiger partial charge in [-0.05, 0) is 24.4 Å². The minimum atomic E-state index is -0.616. The molecule has 0 aliphatic heterocycles. The summed E-state index contributed by atoms with van der Waals surface area (Å²) in [5.41, 5.74) is 0.128. The van der Waals surface area contributed by atoms with E-state index in [4.69, 9.17) is 17.0 Å². The molecule has 0 heterocycles. The summed E-state index contributed by atoms with van der Waals surface area (Å²) in [5, 5.41) is 9.54. The smallest absolute Gasteiger partial charge is 0.347 e. The monoisotopic (exact) mass is 210 g/mol. The number of para-hydroxylation sites is 1. The molecule has 0 radical (unpaired) electrons. The molecule has 1 N–H and O–H groups in total. The van der Waals surface area contributed by atoms with Gasteiger partial charge >= 0.3 is 5.97 Å². The first-order chi connectivity index (χ1) is 6.65. The highest BCUT2D eigenvalue weighted by Crippen LogP contribution is 2.16.